The molecular formula is C17H24N4. The van der Waals surface area contributed by atoms with Crippen molar-refractivity contribution in [2.45, 2.75) is 38.1 Å². The third-order valence-electron chi connectivity index (χ3n) is 4.83. The smallest absolute Gasteiger partial charge is 0.0670 e. The van der Waals surface area contributed by atoms with Crippen molar-refractivity contribution in [2.24, 2.45) is 0 Å². The molecule has 0 spiro atoms. The highest BCUT2D eigenvalue weighted by molar-refractivity contribution is 5.59. The average Bonchev–Trinajstić information content (AvgIpc) is 3.00. The van der Waals surface area contributed by atoms with Crippen molar-refractivity contribution in [3.63, 3.8) is 0 Å². The number of hydrogen-bond acceptors (Lipinski definition) is 4. The lowest BCUT2D eigenvalue weighted by atomic mass is 10.1. The van der Waals surface area contributed by atoms with Crippen LogP contribution in [0.4, 0.5) is 11.4 Å². The van der Waals surface area contributed by atoms with Gasteiger partial charge in [-0.3, -0.25) is 4.90 Å². The Morgan fingerprint density at radius 3 is 2.76 bits per heavy atom. The van der Waals surface area contributed by atoms with Crippen LogP contribution in [0.3, 0.4) is 0 Å². The van der Waals surface area contributed by atoms with E-state index in [1.807, 2.05) is 6.07 Å². The predicted molar refractivity (Wildman–Crippen MR) is 86.2 cm³/mol. The van der Waals surface area contributed by atoms with Gasteiger partial charge in [-0.1, -0.05) is 6.42 Å². The summed E-state index contributed by atoms with van der Waals surface area (Å²) in [5.74, 6) is 0. The molecular weight excluding hydrogens is 260 g/mol. The molecule has 2 N–H and O–H groups in total. The molecule has 1 aromatic rings. The van der Waals surface area contributed by atoms with Crippen LogP contribution in [0, 0.1) is 11.3 Å². The third kappa shape index (κ3) is 3.14. The molecule has 2 fully saturated rings. The van der Waals surface area contributed by atoms with Gasteiger partial charge in [0.25, 0.3) is 0 Å². The lowest BCUT2D eigenvalue weighted by Crippen LogP contribution is -2.40. The van der Waals surface area contributed by atoms with Crippen LogP contribution in [0.25, 0.3) is 0 Å². The first kappa shape index (κ1) is 14.2. The molecule has 4 nitrogen and oxygen atoms in total. The van der Waals surface area contributed by atoms with E-state index in [1.165, 1.54) is 44.5 Å². The van der Waals surface area contributed by atoms with Crippen LogP contribution < -0.4 is 10.6 Å². The molecule has 2 saturated heterocycles. The van der Waals surface area contributed by atoms with E-state index in [1.54, 1.807) is 0 Å². The summed E-state index contributed by atoms with van der Waals surface area (Å²) in [4.78, 5) is 5.11. The predicted octanol–water partition coefficient (Wildman–Crippen LogP) is 2.40. The molecule has 2 aliphatic heterocycles. The molecule has 0 saturated carbocycles. The number of rotatable bonds is 3. The van der Waals surface area contributed by atoms with Crippen molar-refractivity contribution < 1.29 is 0 Å². The summed E-state index contributed by atoms with van der Waals surface area (Å²) in [5.41, 5.74) is 8.84. The van der Waals surface area contributed by atoms with Crippen LogP contribution >= 0.6 is 0 Å². The summed E-state index contributed by atoms with van der Waals surface area (Å²) in [6.45, 7) is 4.74. The maximum Gasteiger partial charge on any atom is 0.0670 e. The van der Waals surface area contributed by atoms with Crippen molar-refractivity contribution >= 4 is 11.4 Å². The van der Waals surface area contributed by atoms with Gasteiger partial charge in [0, 0.05) is 30.5 Å². The van der Waals surface area contributed by atoms with E-state index in [0.29, 0.717) is 12.5 Å². The van der Waals surface area contributed by atoms with E-state index < -0.39 is 0 Å². The van der Waals surface area contributed by atoms with E-state index in [9.17, 15) is 0 Å². The van der Waals surface area contributed by atoms with Gasteiger partial charge in [0.15, 0.2) is 0 Å². The fourth-order valence-corrected chi connectivity index (χ4v) is 3.59. The van der Waals surface area contributed by atoms with Gasteiger partial charge >= 0.3 is 0 Å². The van der Waals surface area contributed by atoms with Crippen molar-refractivity contribution in [3.8, 4) is 6.07 Å². The minimum absolute atomic E-state index is 0.392. The number of piperidine rings is 1. The molecule has 2 aliphatic rings. The second kappa shape index (κ2) is 6.36. The number of nitrogens with zero attached hydrogens (tertiary/aromatic N) is 3. The van der Waals surface area contributed by atoms with E-state index in [4.69, 9.17) is 11.0 Å². The summed E-state index contributed by atoms with van der Waals surface area (Å²) >= 11 is 0. The molecule has 4 heteroatoms. The molecule has 112 valence electrons. The zero-order valence-electron chi connectivity index (χ0n) is 12.6. The number of nitriles is 1. The third-order valence-corrected chi connectivity index (χ3v) is 4.83. The second-order valence-electron chi connectivity index (χ2n) is 6.20. The van der Waals surface area contributed by atoms with Crippen LogP contribution in [-0.4, -0.2) is 37.1 Å². The van der Waals surface area contributed by atoms with Crippen molar-refractivity contribution in [3.05, 3.63) is 23.8 Å². The molecule has 1 unspecified atom stereocenters. The highest BCUT2D eigenvalue weighted by atomic mass is 15.3. The fourth-order valence-electron chi connectivity index (χ4n) is 3.59. The van der Waals surface area contributed by atoms with Gasteiger partial charge in [0.2, 0.25) is 0 Å². The van der Waals surface area contributed by atoms with E-state index >= 15 is 0 Å². The number of anilines is 2. The minimum atomic E-state index is 0.392. The molecule has 2 heterocycles. The number of likely N-dealkylation sites (tertiary alicyclic amines) is 1. The highest BCUT2D eigenvalue weighted by Gasteiger charge is 2.28. The van der Waals surface area contributed by atoms with Gasteiger partial charge < -0.3 is 10.6 Å². The van der Waals surface area contributed by atoms with Gasteiger partial charge in [0.05, 0.1) is 12.5 Å². The highest BCUT2D eigenvalue weighted by Crippen LogP contribution is 2.27. The van der Waals surface area contributed by atoms with Crippen molar-refractivity contribution in [1.29, 1.82) is 5.26 Å². The first-order chi connectivity index (χ1) is 10.3. The minimum Gasteiger partial charge on any atom is -0.398 e. The van der Waals surface area contributed by atoms with Crippen LogP contribution in [0.5, 0.6) is 0 Å². The summed E-state index contributed by atoms with van der Waals surface area (Å²) in [5, 5.41) is 8.89. The average molecular weight is 284 g/mol. The fraction of sp³-hybridized carbons (Fsp3) is 0.588. The Bertz CT molecular complexity index is 528. The quantitative estimate of drug-likeness (QED) is 0.866. The lowest BCUT2D eigenvalue weighted by Gasteiger charge is -2.32. The largest absolute Gasteiger partial charge is 0.398 e. The first-order valence-electron chi connectivity index (χ1n) is 8.02. The van der Waals surface area contributed by atoms with E-state index in [2.05, 4.69) is 28.0 Å². The van der Waals surface area contributed by atoms with Gasteiger partial charge in [-0.2, -0.15) is 5.26 Å². The molecule has 1 atom stereocenters. The van der Waals surface area contributed by atoms with Crippen LogP contribution in [0.2, 0.25) is 0 Å². The van der Waals surface area contributed by atoms with E-state index in [-0.39, 0.29) is 0 Å². The van der Waals surface area contributed by atoms with Crippen LogP contribution in [0.15, 0.2) is 18.2 Å². The monoisotopic (exact) mass is 284 g/mol. The summed E-state index contributed by atoms with van der Waals surface area (Å²) < 4.78 is 0. The number of hydrogen-bond donors (Lipinski definition) is 1. The van der Waals surface area contributed by atoms with Crippen LogP contribution in [-0.2, 0) is 6.42 Å². The summed E-state index contributed by atoms with van der Waals surface area (Å²) in [6.07, 6.45) is 5.73. The Labute approximate surface area is 127 Å². The number of nitrogens with two attached hydrogens (primary N) is 1. The molecule has 0 aliphatic carbocycles. The summed E-state index contributed by atoms with van der Waals surface area (Å²) in [6, 6.07) is 9.02. The molecule has 21 heavy (non-hydrogen) atoms. The van der Waals surface area contributed by atoms with Gasteiger partial charge in [-0.15, -0.1) is 0 Å². The van der Waals surface area contributed by atoms with E-state index in [0.717, 1.165) is 24.3 Å². The molecule has 1 aromatic carbocycles. The maximum atomic E-state index is 8.89. The second-order valence-corrected chi connectivity index (χ2v) is 6.20. The molecule has 0 radical (unpaired) electrons. The zero-order valence-corrected chi connectivity index (χ0v) is 12.6. The topological polar surface area (TPSA) is 56.3 Å². The maximum absolute atomic E-state index is 8.89. The zero-order chi connectivity index (χ0) is 14.7. The first-order valence-corrected chi connectivity index (χ1v) is 8.02. The Morgan fingerprint density at radius 2 is 2.00 bits per heavy atom. The van der Waals surface area contributed by atoms with Crippen molar-refractivity contribution in [2.75, 3.05) is 36.8 Å². The Hall–Kier alpha value is -1.73. The molecule has 3 rings (SSSR count). The molecule has 0 bridgehead atoms. The standard InChI is InChI=1S/C17H24N4/c18-8-6-14-12-15(4-5-17(14)19)21-11-7-16(13-21)20-9-2-1-3-10-20/h4-5,12,16H,1-3,6-7,9-11,13,19H2. The Balaban J connectivity index is 1.68. The number of benzene rings is 1. The number of nitrogen functional groups attached to an aromatic ring is 1. The van der Waals surface area contributed by atoms with Crippen molar-refractivity contribution in [1.82, 2.24) is 4.90 Å². The normalized spacial score (nSPS) is 23.2. The Morgan fingerprint density at radius 1 is 1.19 bits per heavy atom. The molecule has 0 amide bonds. The molecule has 0 aromatic heterocycles. The Kier molecular flexibility index (Phi) is 4.31. The van der Waals surface area contributed by atoms with Gasteiger partial charge in [0.1, 0.15) is 0 Å². The summed E-state index contributed by atoms with van der Waals surface area (Å²) in [7, 11) is 0. The van der Waals surface area contributed by atoms with Crippen LogP contribution in [0.1, 0.15) is 31.2 Å². The lowest BCUT2D eigenvalue weighted by molar-refractivity contribution is 0.175. The van der Waals surface area contributed by atoms with Gasteiger partial charge in [-0.25, -0.2) is 0 Å². The SMILES string of the molecule is N#CCc1cc(N2CCC(N3CCCCC3)C2)ccc1N. The van der Waals surface area contributed by atoms with Gasteiger partial charge in [-0.05, 0) is 56.1 Å².